The fourth-order valence-corrected chi connectivity index (χ4v) is 6.60. The fourth-order valence-electron chi connectivity index (χ4n) is 6.60. The van der Waals surface area contributed by atoms with Gasteiger partial charge in [0.1, 0.15) is 42.3 Å². The van der Waals surface area contributed by atoms with Gasteiger partial charge >= 0.3 is 0 Å². The van der Waals surface area contributed by atoms with Crippen molar-refractivity contribution in [1.29, 1.82) is 0 Å². The Hall–Kier alpha value is -2.04. The summed E-state index contributed by atoms with van der Waals surface area (Å²) in [4.78, 5) is 0. The van der Waals surface area contributed by atoms with Crippen molar-refractivity contribution in [3.8, 4) is 0 Å². The fraction of sp³-hybridized carbons (Fsp3) is 0.800. The van der Waals surface area contributed by atoms with Gasteiger partial charge in [0.25, 0.3) is 0 Å². The summed E-state index contributed by atoms with van der Waals surface area (Å²) in [7, 11) is 0. The maximum atomic E-state index is 11.3. The molecule has 0 amide bonds. The van der Waals surface area contributed by atoms with E-state index in [2.05, 4.69) is 29.4 Å². The number of aromatic nitrogens is 3. The topological polar surface area (TPSA) is 189 Å². The van der Waals surface area contributed by atoms with E-state index in [4.69, 9.17) is 18.9 Å². The van der Waals surface area contributed by atoms with Gasteiger partial charge < -0.3 is 49.6 Å². The number of unbranched alkanes of at least 4 members (excludes halogenated alkanes) is 14. The van der Waals surface area contributed by atoms with Gasteiger partial charge in [-0.05, 0) is 24.8 Å². The van der Waals surface area contributed by atoms with E-state index < -0.39 is 55.6 Å². The van der Waals surface area contributed by atoms with Gasteiger partial charge in [0.05, 0.1) is 38.7 Å². The molecule has 0 bridgehead atoms. The highest BCUT2D eigenvalue weighted by Crippen LogP contribution is 2.25. The van der Waals surface area contributed by atoms with Crippen LogP contribution >= 0.6 is 0 Å². The zero-order valence-electron chi connectivity index (χ0n) is 32.0. The van der Waals surface area contributed by atoms with E-state index in [0.717, 1.165) is 58.0 Å². The first-order chi connectivity index (χ1) is 25.8. The number of benzene rings is 1. The number of aliphatic hydroxyl groups is 6. The third-order valence-corrected chi connectivity index (χ3v) is 10.0. The number of aliphatic hydroxyl groups excluding tert-OH is 6. The molecular formula is C40H69N3O10. The summed E-state index contributed by atoms with van der Waals surface area (Å²) in [5, 5.41) is 71.1. The Morgan fingerprint density at radius 2 is 1.32 bits per heavy atom. The molecule has 0 spiro atoms. The minimum atomic E-state index is -1.60. The number of hydrogen-bond donors (Lipinski definition) is 6. The van der Waals surface area contributed by atoms with Crippen LogP contribution in [0.3, 0.4) is 0 Å². The summed E-state index contributed by atoms with van der Waals surface area (Å²) >= 11 is 0. The number of ether oxygens (including phenoxy) is 4. The first-order valence-corrected chi connectivity index (χ1v) is 20.2. The van der Waals surface area contributed by atoms with Gasteiger partial charge in [0, 0.05) is 13.2 Å². The van der Waals surface area contributed by atoms with Gasteiger partial charge in [-0.1, -0.05) is 132 Å². The Morgan fingerprint density at radius 3 is 1.94 bits per heavy atom. The van der Waals surface area contributed by atoms with Crippen LogP contribution in [0.15, 0.2) is 36.5 Å². The highest BCUT2D eigenvalue weighted by atomic mass is 16.7. The van der Waals surface area contributed by atoms with Crippen LogP contribution in [0.5, 0.6) is 0 Å². The number of rotatable bonds is 31. The Morgan fingerprint density at radius 1 is 0.736 bits per heavy atom. The van der Waals surface area contributed by atoms with Crippen LogP contribution in [0, 0.1) is 0 Å². The van der Waals surface area contributed by atoms with Crippen LogP contribution in [-0.2, 0) is 32.2 Å². The zero-order chi connectivity index (χ0) is 38.1. The molecular weight excluding hydrogens is 682 g/mol. The Bertz CT molecular complexity index is 1160. The van der Waals surface area contributed by atoms with Crippen LogP contribution in [-0.4, -0.2) is 115 Å². The lowest BCUT2D eigenvalue weighted by Crippen LogP contribution is -2.59. The minimum Gasteiger partial charge on any atom is -0.394 e. The van der Waals surface area contributed by atoms with Gasteiger partial charge in [-0.15, -0.1) is 5.10 Å². The van der Waals surface area contributed by atoms with E-state index >= 15 is 0 Å². The molecule has 0 saturated carbocycles. The lowest BCUT2D eigenvalue weighted by Gasteiger charge is -2.40. The van der Waals surface area contributed by atoms with Crippen LogP contribution in [0.4, 0.5) is 0 Å². The second kappa shape index (κ2) is 27.5. The molecule has 13 heteroatoms. The third-order valence-electron chi connectivity index (χ3n) is 10.0. The number of hydrogen-bond acceptors (Lipinski definition) is 12. The van der Waals surface area contributed by atoms with Crippen molar-refractivity contribution in [2.75, 3.05) is 26.4 Å². The zero-order valence-corrected chi connectivity index (χ0v) is 32.0. The largest absolute Gasteiger partial charge is 0.394 e. The highest BCUT2D eigenvalue weighted by Gasteiger charge is 2.44. The van der Waals surface area contributed by atoms with Crippen LogP contribution < -0.4 is 0 Å². The van der Waals surface area contributed by atoms with Crippen molar-refractivity contribution >= 4 is 0 Å². The van der Waals surface area contributed by atoms with E-state index in [-0.39, 0.29) is 13.2 Å². The summed E-state index contributed by atoms with van der Waals surface area (Å²) < 4.78 is 24.3. The maximum Gasteiger partial charge on any atom is 0.186 e. The first kappa shape index (κ1) is 45.4. The standard InChI is InChI=1S/C40H69N3O10/c1-2-3-4-5-6-7-8-9-10-11-12-18-23-34(45)36(46)33(30-52-40-39(49)38(48)37(47)35(27-44)53-40)43-26-32(41-42-43)29-51-25-20-14-13-19-24-50-28-31-21-16-15-17-22-31/h15-17,21-22,26,33-40,44-49H,2-14,18-20,23-25,27-30H2,1H3/t33-,34+,35+,36-,37-,38-,39+,40-/m0/s1. The molecule has 1 aromatic heterocycles. The van der Waals surface area contributed by atoms with Gasteiger partial charge in [-0.3, -0.25) is 0 Å². The maximum absolute atomic E-state index is 11.3. The Labute approximate surface area is 316 Å². The quantitative estimate of drug-likeness (QED) is 0.0582. The Kier molecular flexibility index (Phi) is 23.6. The third kappa shape index (κ3) is 17.5. The monoisotopic (exact) mass is 751 g/mol. The van der Waals surface area contributed by atoms with E-state index in [1.54, 1.807) is 6.20 Å². The highest BCUT2D eigenvalue weighted by molar-refractivity contribution is 5.13. The summed E-state index contributed by atoms with van der Waals surface area (Å²) in [6.07, 6.45) is 10.7. The van der Waals surface area contributed by atoms with Gasteiger partial charge in [-0.25, -0.2) is 4.68 Å². The van der Waals surface area contributed by atoms with Crippen molar-refractivity contribution in [2.24, 2.45) is 0 Å². The predicted molar refractivity (Wildman–Crippen MR) is 201 cm³/mol. The molecule has 6 N–H and O–H groups in total. The molecule has 1 fully saturated rings. The molecule has 53 heavy (non-hydrogen) atoms. The van der Waals surface area contributed by atoms with E-state index in [9.17, 15) is 30.6 Å². The van der Waals surface area contributed by atoms with Gasteiger partial charge in [0.2, 0.25) is 0 Å². The van der Waals surface area contributed by atoms with Crippen LogP contribution in [0.2, 0.25) is 0 Å². The lowest BCUT2D eigenvalue weighted by atomic mass is 9.98. The molecule has 0 radical (unpaired) electrons. The van der Waals surface area contributed by atoms with Crippen molar-refractivity contribution in [1.82, 2.24) is 15.0 Å². The van der Waals surface area contributed by atoms with Crippen molar-refractivity contribution in [3.05, 3.63) is 47.8 Å². The average molecular weight is 752 g/mol. The molecule has 304 valence electrons. The van der Waals surface area contributed by atoms with Crippen LogP contribution in [0.25, 0.3) is 0 Å². The molecule has 2 heterocycles. The van der Waals surface area contributed by atoms with Gasteiger partial charge in [-0.2, -0.15) is 0 Å². The van der Waals surface area contributed by atoms with Crippen molar-refractivity contribution in [3.63, 3.8) is 0 Å². The van der Waals surface area contributed by atoms with Crippen molar-refractivity contribution in [2.45, 2.75) is 178 Å². The average Bonchev–Trinajstić information content (AvgIpc) is 3.64. The second-order valence-electron chi connectivity index (χ2n) is 14.5. The normalized spacial score (nSPS) is 22.2. The Balaban J connectivity index is 1.42. The predicted octanol–water partition coefficient (Wildman–Crippen LogP) is 4.74. The molecule has 1 aliphatic rings. The van der Waals surface area contributed by atoms with E-state index in [1.165, 1.54) is 61.6 Å². The summed E-state index contributed by atoms with van der Waals surface area (Å²) in [6.45, 7) is 3.50. The molecule has 0 aliphatic carbocycles. The van der Waals surface area contributed by atoms with Crippen molar-refractivity contribution < 1.29 is 49.6 Å². The van der Waals surface area contributed by atoms with Crippen LogP contribution in [0.1, 0.15) is 133 Å². The summed E-state index contributed by atoms with van der Waals surface area (Å²) in [5.41, 5.74) is 1.71. The molecule has 13 nitrogen and oxygen atoms in total. The minimum absolute atomic E-state index is 0.220. The van der Waals surface area contributed by atoms with E-state index in [1.807, 2.05) is 18.2 Å². The molecule has 1 aromatic carbocycles. The molecule has 1 saturated heterocycles. The van der Waals surface area contributed by atoms with Gasteiger partial charge in [0.15, 0.2) is 6.29 Å². The number of nitrogens with zero attached hydrogens (tertiary/aromatic N) is 3. The molecule has 3 rings (SSSR count). The molecule has 1 aliphatic heterocycles. The lowest BCUT2D eigenvalue weighted by molar-refractivity contribution is -0.304. The summed E-state index contributed by atoms with van der Waals surface area (Å²) in [6, 6.07) is 9.21. The SMILES string of the molecule is CCCCCCCCCCCCCC[C@@H](O)[C@@H](O)[C@H](CO[C@H]1O[C@H](CO)[C@H](O)[C@H](O)[C@H]1O)n1cc(COCCCCCCOCc2ccccc2)nn1. The first-order valence-electron chi connectivity index (χ1n) is 20.2. The summed E-state index contributed by atoms with van der Waals surface area (Å²) in [5.74, 6) is 0. The van der Waals surface area contributed by atoms with E-state index in [0.29, 0.717) is 25.3 Å². The smallest absolute Gasteiger partial charge is 0.186 e. The molecule has 2 aromatic rings. The molecule has 8 atom stereocenters. The second-order valence-corrected chi connectivity index (χ2v) is 14.5. The molecule has 0 unspecified atom stereocenters.